The van der Waals surface area contributed by atoms with Crippen LogP contribution in [0.3, 0.4) is 0 Å². The highest BCUT2D eigenvalue weighted by Gasteiger charge is 2.32. The van der Waals surface area contributed by atoms with E-state index in [0.29, 0.717) is 0 Å². The molecule has 14 heavy (non-hydrogen) atoms. The normalized spacial score (nSPS) is 28.5. The topological polar surface area (TPSA) is 41.9 Å². The average molecular weight is 203 g/mol. The van der Waals surface area contributed by atoms with Crippen molar-refractivity contribution in [2.75, 3.05) is 40.5 Å². The van der Waals surface area contributed by atoms with E-state index < -0.39 is 0 Å². The number of methoxy groups -OCH3 is 2. The van der Waals surface area contributed by atoms with Crippen molar-refractivity contribution < 1.29 is 14.6 Å². The Morgan fingerprint density at radius 2 is 1.71 bits per heavy atom. The number of aliphatic hydroxyl groups is 1. The van der Waals surface area contributed by atoms with Crippen molar-refractivity contribution in [3.8, 4) is 0 Å². The zero-order valence-electron chi connectivity index (χ0n) is 9.11. The van der Waals surface area contributed by atoms with Crippen molar-refractivity contribution in [3.05, 3.63) is 0 Å². The van der Waals surface area contributed by atoms with Crippen molar-refractivity contribution in [2.24, 2.45) is 0 Å². The second-order valence-corrected chi connectivity index (χ2v) is 3.74. The van der Waals surface area contributed by atoms with Crippen LogP contribution in [0.1, 0.15) is 12.8 Å². The van der Waals surface area contributed by atoms with Crippen LogP contribution < -0.4 is 0 Å². The van der Waals surface area contributed by atoms with E-state index in [-0.39, 0.29) is 18.8 Å². The first-order chi connectivity index (χ1) is 6.81. The smallest absolute Gasteiger partial charge is 0.0971 e. The predicted octanol–water partition coefficient (Wildman–Crippen LogP) is 0.105. The fraction of sp³-hybridized carbons (Fsp3) is 1.00. The van der Waals surface area contributed by atoms with Gasteiger partial charge in [-0.25, -0.2) is 0 Å². The molecule has 1 heterocycles. The molecule has 84 valence electrons. The molecule has 1 aliphatic heterocycles. The average Bonchev–Trinajstić information content (AvgIpc) is 2.61. The summed E-state index contributed by atoms with van der Waals surface area (Å²) in [4.78, 5) is 2.33. The predicted molar refractivity (Wildman–Crippen MR) is 54.4 cm³/mol. The van der Waals surface area contributed by atoms with E-state index in [1.54, 1.807) is 14.2 Å². The minimum absolute atomic E-state index is 0.203. The molecule has 2 atom stereocenters. The first kappa shape index (κ1) is 11.9. The lowest BCUT2D eigenvalue weighted by atomic mass is 10.3. The van der Waals surface area contributed by atoms with Gasteiger partial charge in [0.2, 0.25) is 0 Å². The molecule has 0 saturated carbocycles. The Hall–Kier alpha value is -0.160. The summed E-state index contributed by atoms with van der Waals surface area (Å²) in [6, 6.07) is 0. The molecule has 1 rings (SSSR count). The number of hydrogen-bond acceptors (Lipinski definition) is 4. The van der Waals surface area contributed by atoms with Crippen LogP contribution in [0.5, 0.6) is 0 Å². The summed E-state index contributed by atoms with van der Waals surface area (Å²) < 4.78 is 10.7. The summed E-state index contributed by atoms with van der Waals surface area (Å²) in [6.07, 6.45) is 2.33. The number of rotatable bonds is 6. The second kappa shape index (κ2) is 6.35. The molecule has 0 aromatic rings. The lowest BCUT2D eigenvalue weighted by Gasteiger charge is -2.13. The minimum Gasteiger partial charge on any atom is -0.396 e. The Kier molecular flexibility index (Phi) is 5.40. The summed E-state index contributed by atoms with van der Waals surface area (Å²) in [7, 11) is 3.46. The van der Waals surface area contributed by atoms with Crippen molar-refractivity contribution in [3.63, 3.8) is 0 Å². The molecule has 0 aromatic heterocycles. The van der Waals surface area contributed by atoms with E-state index in [2.05, 4.69) is 4.90 Å². The minimum atomic E-state index is 0.203. The lowest BCUT2D eigenvalue weighted by Crippen LogP contribution is -2.27. The molecule has 0 spiro atoms. The Morgan fingerprint density at radius 1 is 1.14 bits per heavy atom. The Morgan fingerprint density at radius 3 is 2.14 bits per heavy atom. The van der Waals surface area contributed by atoms with Crippen molar-refractivity contribution >= 4 is 0 Å². The third kappa shape index (κ3) is 3.20. The maximum absolute atomic E-state index is 8.67. The molecule has 4 nitrogen and oxygen atoms in total. The highest BCUT2D eigenvalue weighted by atomic mass is 16.5. The Labute approximate surface area is 85.8 Å². The molecule has 0 amide bonds. The van der Waals surface area contributed by atoms with E-state index in [4.69, 9.17) is 14.6 Å². The Balaban J connectivity index is 2.23. The van der Waals surface area contributed by atoms with Crippen molar-refractivity contribution in [1.82, 2.24) is 4.90 Å². The maximum Gasteiger partial charge on any atom is 0.0971 e. The van der Waals surface area contributed by atoms with Crippen LogP contribution in [0.4, 0.5) is 0 Å². The van der Waals surface area contributed by atoms with Crippen LogP contribution in [-0.2, 0) is 9.47 Å². The number of hydrogen-bond donors (Lipinski definition) is 1. The van der Waals surface area contributed by atoms with Crippen LogP contribution in [0.2, 0.25) is 0 Å². The standard InChI is InChI=1S/C10H21NO3/c1-13-9-7-11(5-3-4-6-12)8-10(9)14-2/h9-10,12H,3-8H2,1-2H3. The van der Waals surface area contributed by atoms with Gasteiger partial charge in [0, 0.05) is 33.9 Å². The summed E-state index contributed by atoms with van der Waals surface area (Å²) in [5.74, 6) is 0. The molecule has 2 unspecified atom stereocenters. The van der Waals surface area contributed by atoms with Gasteiger partial charge < -0.3 is 14.6 Å². The monoisotopic (exact) mass is 203 g/mol. The molecule has 0 radical (unpaired) electrons. The number of likely N-dealkylation sites (tertiary alicyclic amines) is 1. The number of ether oxygens (including phenoxy) is 2. The van der Waals surface area contributed by atoms with Gasteiger partial charge in [-0.15, -0.1) is 0 Å². The van der Waals surface area contributed by atoms with Gasteiger partial charge in [0.1, 0.15) is 0 Å². The van der Waals surface area contributed by atoms with Gasteiger partial charge in [0.05, 0.1) is 12.2 Å². The fourth-order valence-electron chi connectivity index (χ4n) is 1.90. The quantitative estimate of drug-likeness (QED) is 0.622. The number of unbranched alkanes of at least 4 members (excludes halogenated alkanes) is 1. The van der Waals surface area contributed by atoms with Gasteiger partial charge in [0.25, 0.3) is 0 Å². The molecular weight excluding hydrogens is 182 g/mol. The van der Waals surface area contributed by atoms with Gasteiger partial charge in [0.15, 0.2) is 0 Å². The van der Waals surface area contributed by atoms with Crippen LogP contribution in [-0.4, -0.2) is 62.7 Å². The number of nitrogens with zero attached hydrogens (tertiary/aromatic N) is 1. The highest BCUT2D eigenvalue weighted by molar-refractivity contribution is 4.85. The molecule has 1 fully saturated rings. The zero-order chi connectivity index (χ0) is 10.4. The van der Waals surface area contributed by atoms with Crippen molar-refractivity contribution in [2.45, 2.75) is 25.0 Å². The molecular formula is C10H21NO3. The largest absolute Gasteiger partial charge is 0.396 e. The highest BCUT2D eigenvalue weighted by Crippen LogP contribution is 2.15. The third-order valence-electron chi connectivity index (χ3n) is 2.78. The van der Waals surface area contributed by atoms with Gasteiger partial charge in [-0.3, -0.25) is 4.90 Å². The van der Waals surface area contributed by atoms with E-state index >= 15 is 0 Å². The molecule has 1 N–H and O–H groups in total. The molecule has 1 saturated heterocycles. The summed E-state index contributed by atoms with van der Waals surface area (Å²) in [5.41, 5.74) is 0. The van der Waals surface area contributed by atoms with Gasteiger partial charge in [-0.2, -0.15) is 0 Å². The van der Waals surface area contributed by atoms with Crippen LogP contribution in [0.15, 0.2) is 0 Å². The van der Waals surface area contributed by atoms with Gasteiger partial charge in [-0.05, 0) is 19.4 Å². The SMILES string of the molecule is COC1CN(CCCCO)CC1OC. The van der Waals surface area contributed by atoms with Crippen molar-refractivity contribution in [1.29, 1.82) is 0 Å². The van der Waals surface area contributed by atoms with Gasteiger partial charge >= 0.3 is 0 Å². The number of aliphatic hydroxyl groups excluding tert-OH is 1. The van der Waals surface area contributed by atoms with E-state index in [0.717, 1.165) is 32.5 Å². The van der Waals surface area contributed by atoms with Crippen LogP contribution in [0, 0.1) is 0 Å². The lowest BCUT2D eigenvalue weighted by molar-refractivity contribution is -0.00461. The molecule has 0 bridgehead atoms. The van der Waals surface area contributed by atoms with Crippen LogP contribution in [0.25, 0.3) is 0 Å². The fourth-order valence-corrected chi connectivity index (χ4v) is 1.90. The van der Waals surface area contributed by atoms with E-state index in [1.165, 1.54) is 0 Å². The van der Waals surface area contributed by atoms with E-state index in [9.17, 15) is 0 Å². The maximum atomic E-state index is 8.67. The molecule has 1 aliphatic rings. The first-order valence-corrected chi connectivity index (χ1v) is 5.20. The summed E-state index contributed by atoms with van der Waals surface area (Å²) in [5, 5.41) is 8.67. The molecule has 0 aromatic carbocycles. The zero-order valence-corrected chi connectivity index (χ0v) is 9.11. The second-order valence-electron chi connectivity index (χ2n) is 3.74. The van der Waals surface area contributed by atoms with E-state index in [1.807, 2.05) is 0 Å². The summed E-state index contributed by atoms with van der Waals surface area (Å²) in [6.45, 7) is 3.20. The molecule has 0 aliphatic carbocycles. The molecule has 4 heteroatoms. The Bertz CT molecular complexity index is 142. The third-order valence-corrected chi connectivity index (χ3v) is 2.78. The van der Waals surface area contributed by atoms with Crippen LogP contribution >= 0.6 is 0 Å². The summed E-state index contributed by atoms with van der Waals surface area (Å²) >= 11 is 0. The first-order valence-electron chi connectivity index (χ1n) is 5.20. The van der Waals surface area contributed by atoms with Gasteiger partial charge in [-0.1, -0.05) is 0 Å².